The van der Waals surface area contributed by atoms with Crippen molar-refractivity contribution < 1.29 is 18.5 Å². The van der Waals surface area contributed by atoms with Crippen LogP contribution in [0.5, 0.6) is 0 Å². The first kappa shape index (κ1) is 14.2. The van der Waals surface area contributed by atoms with Crippen molar-refractivity contribution in [3.63, 3.8) is 0 Å². The van der Waals surface area contributed by atoms with Gasteiger partial charge in [0.2, 0.25) is 0 Å². The molecule has 0 fully saturated rings. The maximum atomic E-state index is 5.30. The monoisotopic (exact) mass is 312 g/mol. The van der Waals surface area contributed by atoms with Crippen molar-refractivity contribution in [2.75, 3.05) is 0 Å². The molecule has 0 aromatic heterocycles. The molecule has 0 atom stereocenters. The van der Waals surface area contributed by atoms with Gasteiger partial charge in [-0.05, 0) is 38.8 Å². The number of rotatable bonds is 0. The molecule has 0 amide bonds. The Bertz CT molecular complexity index is 219. The van der Waals surface area contributed by atoms with Crippen molar-refractivity contribution >= 4 is 24.4 Å². The van der Waals surface area contributed by atoms with Crippen LogP contribution in [-0.2, 0) is 18.5 Å². The second-order valence-electron chi connectivity index (χ2n) is 3.21. The van der Waals surface area contributed by atoms with Gasteiger partial charge in [0.1, 0.15) is 0 Å². The Kier molecular flexibility index (Phi) is 7.20. The van der Waals surface area contributed by atoms with Gasteiger partial charge in [-0.2, -0.15) is 0 Å². The van der Waals surface area contributed by atoms with E-state index in [1.807, 2.05) is 0 Å². The topological polar surface area (TPSA) is 0 Å². The van der Waals surface area contributed by atoms with Crippen LogP contribution >= 0.6 is 17.0 Å². The van der Waals surface area contributed by atoms with E-state index in [9.17, 15) is 0 Å². The molecule has 1 radical (unpaired) electrons. The Morgan fingerprint density at radius 1 is 1.00 bits per heavy atom. The van der Waals surface area contributed by atoms with Gasteiger partial charge in [-0.1, -0.05) is 11.1 Å². The summed E-state index contributed by atoms with van der Waals surface area (Å²) in [6, 6.07) is 0. The summed E-state index contributed by atoms with van der Waals surface area (Å²) in [5.41, 5.74) is 5.75. The quantitative estimate of drug-likeness (QED) is 0.603. The second kappa shape index (κ2) is 6.61. The molecule has 1 aliphatic carbocycles. The van der Waals surface area contributed by atoms with E-state index in [1.165, 1.54) is 22.3 Å². The summed E-state index contributed by atoms with van der Waals surface area (Å²) in [5.74, 6) is 0. The fourth-order valence-electron chi connectivity index (χ4n) is 1.13. The van der Waals surface area contributed by atoms with E-state index in [4.69, 9.17) is 17.0 Å². The minimum absolute atomic E-state index is 1.08. The van der Waals surface area contributed by atoms with E-state index in [0.29, 0.717) is 0 Å². The zero-order valence-electron chi connectivity index (χ0n) is 8.83. The molecule has 0 saturated heterocycles. The van der Waals surface area contributed by atoms with Gasteiger partial charge in [-0.15, -0.1) is 0 Å². The van der Waals surface area contributed by atoms with E-state index in [-0.39, 0.29) is 0 Å². The molecule has 74 valence electrons. The van der Waals surface area contributed by atoms with E-state index in [0.717, 1.165) is 7.37 Å². The Morgan fingerprint density at radius 2 is 1.23 bits per heavy atom. The molecule has 0 unspecified atom stereocenters. The molecule has 0 saturated carbocycles. The van der Waals surface area contributed by atoms with Crippen molar-refractivity contribution in [1.82, 2.24) is 0 Å². The number of halogens is 2. The Balaban J connectivity index is 0.000000310. The molecule has 13 heavy (non-hydrogen) atoms. The third kappa shape index (κ3) is 5.57. The second-order valence-corrected chi connectivity index (χ2v) is 26.7. The first-order chi connectivity index (χ1) is 5.86. The normalized spacial score (nSPS) is 16.2. The molecular formula is C9H16Cl2SiZr. The molecule has 0 spiro atoms. The Labute approximate surface area is 98.5 Å². The fourth-order valence-corrected chi connectivity index (χ4v) is 1.13. The van der Waals surface area contributed by atoms with Crippen molar-refractivity contribution in [2.24, 2.45) is 0 Å². The first-order valence-corrected chi connectivity index (χ1v) is 18.9. The molecule has 4 heteroatoms. The molecular weight excluding hydrogens is 298 g/mol. The van der Waals surface area contributed by atoms with Gasteiger partial charge in [-0.3, -0.25) is 0 Å². The van der Waals surface area contributed by atoms with Crippen molar-refractivity contribution in [2.45, 2.75) is 27.7 Å². The number of allylic oxidation sites excluding steroid dienone is 4. The third-order valence-electron chi connectivity index (χ3n) is 2.18. The predicted octanol–water partition coefficient (Wildman–Crippen LogP) is 3.07. The van der Waals surface area contributed by atoms with Gasteiger partial charge in [0.05, 0.1) is 0 Å². The van der Waals surface area contributed by atoms with Gasteiger partial charge in [-0.25, -0.2) is 0 Å². The standard InChI is InChI=1S/C9H13.2ClH.H3Si.Zr/c1-6-5-7(2)9(4)8(6)3;;;;/h5H,1-4H3;2*1H;1H3;/q;;;;+2/p-2. The molecule has 0 N–H and O–H groups in total. The van der Waals surface area contributed by atoms with Crippen LogP contribution in [0.25, 0.3) is 0 Å². The molecule has 0 aromatic rings. The molecule has 0 aliphatic heterocycles. The van der Waals surface area contributed by atoms with Crippen molar-refractivity contribution in [3.8, 4) is 0 Å². The van der Waals surface area contributed by atoms with Gasteiger partial charge in [0.15, 0.2) is 0 Å². The molecule has 1 rings (SSSR count). The summed E-state index contributed by atoms with van der Waals surface area (Å²) in [5, 5.41) is 0. The summed E-state index contributed by atoms with van der Waals surface area (Å²) in [7, 11) is 11.7. The first-order valence-electron chi connectivity index (χ1n) is 4.21. The zero-order chi connectivity index (χ0) is 10.6. The van der Waals surface area contributed by atoms with E-state index in [2.05, 4.69) is 34.1 Å². The number of hydrogen-bond acceptors (Lipinski definition) is 0. The summed E-state index contributed by atoms with van der Waals surface area (Å²) < 4.78 is 0. The minimum atomic E-state index is -1.46. The van der Waals surface area contributed by atoms with Crippen LogP contribution in [0.2, 0.25) is 0 Å². The molecule has 0 nitrogen and oxygen atoms in total. The van der Waals surface area contributed by atoms with E-state index in [1.54, 1.807) is 0 Å². The summed E-state index contributed by atoms with van der Waals surface area (Å²) in [6.45, 7) is 8.68. The molecule has 0 bridgehead atoms. The predicted molar refractivity (Wildman–Crippen MR) is 62.7 cm³/mol. The van der Waals surface area contributed by atoms with Gasteiger partial charge in [0, 0.05) is 6.42 Å². The van der Waals surface area contributed by atoms with Crippen LogP contribution in [0.15, 0.2) is 22.3 Å². The molecule has 1 aliphatic rings. The zero-order valence-corrected chi connectivity index (χ0v) is 14.8. The average Bonchev–Trinajstić information content (AvgIpc) is 2.17. The van der Waals surface area contributed by atoms with Gasteiger partial charge < -0.3 is 0 Å². The summed E-state index contributed by atoms with van der Waals surface area (Å²) in [4.78, 5) is 0. The maximum absolute atomic E-state index is 5.30. The van der Waals surface area contributed by atoms with E-state index >= 15 is 0 Å². The van der Waals surface area contributed by atoms with Crippen LogP contribution in [0.4, 0.5) is 0 Å². The molecule has 0 heterocycles. The summed E-state index contributed by atoms with van der Waals surface area (Å²) >= 11 is -1.46. The van der Waals surface area contributed by atoms with Crippen molar-refractivity contribution in [1.29, 1.82) is 0 Å². The van der Waals surface area contributed by atoms with Crippen LogP contribution in [-0.4, -0.2) is 7.37 Å². The van der Waals surface area contributed by atoms with Crippen LogP contribution < -0.4 is 0 Å². The van der Waals surface area contributed by atoms with Crippen LogP contribution in [0, 0.1) is 6.42 Å². The Hall–Kier alpha value is 1.16. The van der Waals surface area contributed by atoms with Gasteiger partial charge in [0.25, 0.3) is 0 Å². The number of hydrogen-bond donors (Lipinski definition) is 0. The van der Waals surface area contributed by atoms with Crippen LogP contribution in [0.1, 0.15) is 27.7 Å². The van der Waals surface area contributed by atoms with Crippen molar-refractivity contribution in [3.05, 3.63) is 28.7 Å². The van der Waals surface area contributed by atoms with Crippen LogP contribution in [0.3, 0.4) is 0 Å². The molecule has 0 aromatic carbocycles. The Morgan fingerprint density at radius 3 is 1.31 bits per heavy atom. The van der Waals surface area contributed by atoms with E-state index < -0.39 is 18.5 Å². The van der Waals surface area contributed by atoms with Gasteiger partial charge >= 0.3 is 42.9 Å². The SMILES string of the molecule is CC1=C(C)C(C)=C(C)[CH]1.[SiH3][Zr]([Cl])[Cl]. The third-order valence-corrected chi connectivity index (χ3v) is 2.18. The fraction of sp³-hybridized carbons (Fsp3) is 0.444. The summed E-state index contributed by atoms with van der Waals surface area (Å²) in [6.07, 6.45) is 2.24. The average molecular weight is 314 g/mol.